The summed E-state index contributed by atoms with van der Waals surface area (Å²) in [6, 6.07) is 10.2. The number of ketones is 1. The number of hydrogen-bond acceptors (Lipinski definition) is 3. The molecule has 0 saturated carbocycles. The van der Waals surface area contributed by atoms with Crippen LogP contribution in [0.15, 0.2) is 30.3 Å². The van der Waals surface area contributed by atoms with Gasteiger partial charge < -0.3 is 14.6 Å². The molecule has 2 heterocycles. The van der Waals surface area contributed by atoms with Gasteiger partial charge in [-0.05, 0) is 43.7 Å². The van der Waals surface area contributed by atoms with Crippen LogP contribution < -0.4 is 0 Å². The highest BCUT2D eigenvalue weighted by atomic mass is 16.5. The smallest absolute Gasteiger partial charge is 0.270 e. The molecule has 1 amide bonds. The number of aryl methyl sites for hydroxylation is 1. The van der Waals surface area contributed by atoms with Gasteiger partial charge in [-0.3, -0.25) is 9.59 Å². The first-order chi connectivity index (χ1) is 13.1. The molecule has 0 bridgehead atoms. The molecular weight excluding hydrogens is 340 g/mol. The maximum absolute atomic E-state index is 13.0. The Kier molecular flexibility index (Phi) is 5.12. The lowest BCUT2D eigenvalue weighted by Gasteiger charge is -2.32. The molecule has 2 aromatic rings. The SMILES string of the molecule is Cc1c(C(=O)N2CCC(OCc3ccccc3)CC2)[nH]c2c1C(=O)CCC2. The lowest BCUT2D eigenvalue weighted by atomic mass is 9.93. The molecule has 5 nitrogen and oxygen atoms in total. The molecule has 2 aliphatic rings. The van der Waals surface area contributed by atoms with Gasteiger partial charge in [-0.1, -0.05) is 30.3 Å². The minimum absolute atomic E-state index is 0.0104. The number of carbonyl (C=O) groups is 2. The molecule has 1 saturated heterocycles. The molecule has 1 aromatic heterocycles. The summed E-state index contributed by atoms with van der Waals surface area (Å²) in [6.07, 6.45) is 4.18. The average molecular weight is 366 g/mol. The van der Waals surface area contributed by atoms with Gasteiger partial charge in [0.05, 0.1) is 12.7 Å². The summed E-state index contributed by atoms with van der Waals surface area (Å²) >= 11 is 0. The maximum atomic E-state index is 13.0. The largest absolute Gasteiger partial charge is 0.373 e. The summed E-state index contributed by atoms with van der Waals surface area (Å²) in [4.78, 5) is 30.3. The lowest BCUT2D eigenvalue weighted by Crippen LogP contribution is -2.41. The van der Waals surface area contributed by atoms with Crippen molar-refractivity contribution in [3.05, 3.63) is 58.4 Å². The molecule has 1 N–H and O–H groups in total. The summed E-state index contributed by atoms with van der Waals surface area (Å²) in [6.45, 7) is 3.89. The highest BCUT2D eigenvalue weighted by Gasteiger charge is 2.30. The number of rotatable bonds is 4. The van der Waals surface area contributed by atoms with Crippen molar-refractivity contribution in [2.24, 2.45) is 0 Å². The molecule has 1 aliphatic carbocycles. The summed E-state index contributed by atoms with van der Waals surface area (Å²) in [5.74, 6) is 0.174. The number of fused-ring (bicyclic) bond motifs is 1. The number of likely N-dealkylation sites (tertiary alicyclic amines) is 1. The van der Waals surface area contributed by atoms with E-state index < -0.39 is 0 Å². The first-order valence-electron chi connectivity index (χ1n) is 9.83. The van der Waals surface area contributed by atoms with E-state index in [-0.39, 0.29) is 17.8 Å². The third-order valence-corrected chi connectivity index (χ3v) is 5.71. The molecule has 0 spiro atoms. The number of aromatic nitrogens is 1. The van der Waals surface area contributed by atoms with E-state index in [4.69, 9.17) is 4.74 Å². The average Bonchev–Trinajstić information content (AvgIpc) is 3.05. The van der Waals surface area contributed by atoms with Crippen molar-refractivity contribution in [2.45, 2.75) is 51.7 Å². The number of amides is 1. The third-order valence-electron chi connectivity index (χ3n) is 5.71. The van der Waals surface area contributed by atoms with E-state index in [1.807, 2.05) is 30.0 Å². The van der Waals surface area contributed by atoms with Crippen LogP contribution in [0.25, 0.3) is 0 Å². The zero-order valence-electron chi connectivity index (χ0n) is 15.8. The van der Waals surface area contributed by atoms with Crippen LogP contribution in [-0.4, -0.2) is 40.8 Å². The Labute approximate surface area is 159 Å². The maximum Gasteiger partial charge on any atom is 0.270 e. The Morgan fingerprint density at radius 2 is 1.93 bits per heavy atom. The fraction of sp³-hybridized carbons (Fsp3) is 0.455. The van der Waals surface area contributed by atoms with Crippen molar-refractivity contribution in [3.63, 3.8) is 0 Å². The Hall–Kier alpha value is -2.40. The van der Waals surface area contributed by atoms with E-state index in [0.717, 1.165) is 42.5 Å². The standard InChI is InChI=1S/C22H26N2O3/c1-15-20-18(8-5-9-19(20)25)23-21(15)22(26)24-12-10-17(11-13-24)27-14-16-6-3-2-4-7-16/h2-4,6-7,17,23H,5,8-14H2,1H3. The molecule has 1 fully saturated rings. The molecule has 142 valence electrons. The van der Waals surface area contributed by atoms with Gasteiger partial charge in [0.1, 0.15) is 5.69 Å². The molecule has 1 aromatic carbocycles. The number of nitrogens with zero attached hydrogens (tertiary/aromatic N) is 1. The Morgan fingerprint density at radius 1 is 1.19 bits per heavy atom. The number of benzene rings is 1. The van der Waals surface area contributed by atoms with Crippen LogP contribution in [0.1, 0.15) is 63.4 Å². The summed E-state index contributed by atoms with van der Waals surface area (Å²) in [5.41, 5.74) is 4.29. The van der Waals surface area contributed by atoms with Crippen molar-refractivity contribution in [1.82, 2.24) is 9.88 Å². The monoisotopic (exact) mass is 366 g/mol. The first kappa shape index (κ1) is 18.0. The number of piperidine rings is 1. The van der Waals surface area contributed by atoms with Crippen LogP contribution in [-0.2, 0) is 17.8 Å². The van der Waals surface area contributed by atoms with Gasteiger partial charge in [0.2, 0.25) is 0 Å². The number of hydrogen-bond donors (Lipinski definition) is 1. The van der Waals surface area contributed by atoms with Crippen LogP contribution in [0.5, 0.6) is 0 Å². The Morgan fingerprint density at radius 3 is 2.63 bits per heavy atom. The topological polar surface area (TPSA) is 62.4 Å². The molecule has 0 atom stereocenters. The number of ether oxygens (including phenoxy) is 1. The molecule has 1 aliphatic heterocycles. The summed E-state index contributed by atoms with van der Waals surface area (Å²) in [5, 5.41) is 0. The van der Waals surface area contributed by atoms with Crippen LogP contribution in [0.3, 0.4) is 0 Å². The van der Waals surface area contributed by atoms with Gasteiger partial charge in [0.25, 0.3) is 5.91 Å². The van der Waals surface area contributed by atoms with Gasteiger partial charge in [0.15, 0.2) is 5.78 Å². The predicted octanol–water partition coefficient (Wildman–Crippen LogP) is 3.66. The minimum Gasteiger partial charge on any atom is -0.373 e. The van der Waals surface area contributed by atoms with Gasteiger partial charge in [-0.15, -0.1) is 0 Å². The molecule has 0 unspecified atom stereocenters. The highest BCUT2D eigenvalue weighted by molar-refractivity contribution is 6.04. The quantitative estimate of drug-likeness (QED) is 0.898. The fourth-order valence-electron chi connectivity index (χ4n) is 4.16. The van der Waals surface area contributed by atoms with E-state index in [9.17, 15) is 9.59 Å². The molecular formula is C22H26N2O3. The Bertz CT molecular complexity index is 833. The fourth-order valence-corrected chi connectivity index (χ4v) is 4.16. The van der Waals surface area contributed by atoms with Crippen molar-refractivity contribution >= 4 is 11.7 Å². The van der Waals surface area contributed by atoms with Crippen molar-refractivity contribution in [1.29, 1.82) is 0 Å². The minimum atomic E-state index is 0.0104. The molecule has 0 radical (unpaired) electrons. The van der Waals surface area contributed by atoms with Crippen molar-refractivity contribution < 1.29 is 14.3 Å². The summed E-state index contributed by atoms with van der Waals surface area (Å²) < 4.78 is 6.02. The lowest BCUT2D eigenvalue weighted by molar-refractivity contribution is -0.000513. The summed E-state index contributed by atoms with van der Waals surface area (Å²) in [7, 11) is 0. The van der Waals surface area contributed by atoms with Crippen LogP contribution in [0.2, 0.25) is 0 Å². The van der Waals surface area contributed by atoms with Gasteiger partial charge in [-0.2, -0.15) is 0 Å². The van der Waals surface area contributed by atoms with Crippen LogP contribution in [0.4, 0.5) is 0 Å². The number of H-pyrrole nitrogens is 1. The Balaban J connectivity index is 1.36. The first-order valence-corrected chi connectivity index (χ1v) is 9.83. The molecule has 4 rings (SSSR count). The number of carbonyl (C=O) groups excluding carboxylic acids is 2. The zero-order valence-corrected chi connectivity index (χ0v) is 15.8. The number of Topliss-reactive ketones (excluding diaryl/α,β-unsaturated/α-hetero) is 1. The normalized spacial score (nSPS) is 17.8. The molecule has 5 heteroatoms. The third kappa shape index (κ3) is 3.69. The second-order valence-corrected chi connectivity index (χ2v) is 7.54. The van der Waals surface area contributed by atoms with E-state index in [1.165, 1.54) is 5.56 Å². The van der Waals surface area contributed by atoms with E-state index in [2.05, 4.69) is 17.1 Å². The predicted molar refractivity (Wildman–Crippen MR) is 103 cm³/mol. The van der Waals surface area contributed by atoms with Crippen molar-refractivity contribution in [3.8, 4) is 0 Å². The van der Waals surface area contributed by atoms with E-state index in [1.54, 1.807) is 0 Å². The molecule has 27 heavy (non-hydrogen) atoms. The van der Waals surface area contributed by atoms with Crippen LogP contribution in [0, 0.1) is 6.92 Å². The van der Waals surface area contributed by atoms with Gasteiger partial charge in [0, 0.05) is 30.8 Å². The van der Waals surface area contributed by atoms with Crippen molar-refractivity contribution in [2.75, 3.05) is 13.1 Å². The van der Waals surface area contributed by atoms with Gasteiger partial charge in [-0.25, -0.2) is 0 Å². The van der Waals surface area contributed by atoms with Gasteiger partial charge >= 0.3 is 0 Å². The second kappa shape index (κ2) is 7.69. The zero-order chi connectivity index (χ0) is 18.8. The highest BCUT2D eigenvalue weighted by Crippen LogP contribution is 2.28. The second-order valence-electron chi connectivity index (χ2n) is 7.54. The number of aromatic amines is 1. The van der Waals surface area contributed by atoms with Crippen LogP contribution >= 0.6 is 0 Å². The van der Waals surface area contributed by atoms with E-state index in [0.29, 0.717) is 31.8 Å². The van der Waals surface area contributed by atoms with E-state index >= 15 is 0 Å². The number of nitrogens with one attached hydrogen (secondary N) is 1.